The largest absolute Gasteiger partial charge is 0.586 e. The van der Waals surface area contributed by atoms with E-state index in [1.54, 1.807) is 13.0 Å². The predicted octanol–water partition coefficient (Wildman–Crippen LogP) is 5.65. The van der Waals surface area contributed by atoms with Gasteiger partial charge in [0.15, 0.2) is 11.5 Å². The summed E-state index contributed by atoms with van der Waals surface area (Å²) < 4.78 is 65.2. The van der Waals surface area contributed by atoms with Crippen LogP contribution >= 0.6 is 11.6 Å². The smallest absolute Gasteiger partial charge is 0.494 e. The molecule has 2 aliphatic rings. The molecule has 3 aromatic carbocycles. The summed E-state index contributed by atoms with van der Waals surface area (Å²) >= 11 is 6.60. The van der Waals surface area contributed by atoms with Crippen LogP contribution in [0.2, 0.25) is 5.02 Å². The molecule has 12 nitrogen and oxygen atoms in total. The number of methoxy groups -OCH3 is 1. The molecule has 0 saturated heterocycles. The molecule has 0 radical (unpaired) electrons. The fraction of sp³-hybridized carbons (Fsp3) is 0.278. The van der Waals surface area contributed by atoms with E-state index in [0.717, 1.165) is 18.9 Å². The molecule has 270 valence electrons. The number of alkyl halides is 2. The second-order valence-electron chi connectivity index (χ2n) is 12.4. The van der Waals surface area contributed by atoms with Crippen LogP contribution < -0.4 is 30.0 Å². The Hall–Kier alpha value is -5.54. The highest BCUT2D eigenvalue weighted by Crippen LogP contribution is 2.51. The van der Waals surface area contributed by atoms with Gasteiger partial charge in [-0.25, -0.2) is 9.37 Å². The quantitative estimate of drug-likeness (QED) is 0.147. The lowest BCUT2D eigenvalue weighted by Gasteiger charge is -2.30. The van der Waals surface area contributed by atoms with Gasteiger partial charge < -0.3 is 35.1 Å². The van der Waals surface area contributed by atoms with Crippen molar-refractivity contribution in [2.45, 2.75) is 44.1 Å². The lowest BCUT2D eigenvalue weighted by Crippen LogP contribution is -2.42. The fourth-order valence-electron chi connectivity index (χ4n) is 6.10. The summed E-state index contributed by atoms with van der Waals surface area (Å²) in [5, 5.41) is 20.2. The van der Waals surface area contributed by atoms with Crippen molar-refractivity contribution in [3.05, 3.63) is 94.0 Å². The topological polar surface area (TPSA) is 160 Å². The van der Waals surface area contributed by atoms with Crippen molar-refractivity contribution in [3.8, 4) is 34.3 Å². The van der Waals surface area contributed by atoms with E-state index in [1.165, 1.54) is 49.6 Å². The van der Waals surface area contributed by atoms with Crippen LogP contribution in [0, 0.1) is 5.82 Å². The molecule has 1 aliphatic carbocycles. The van der Waals surface area contributed by atoms with Crippen LogP contribution in [0.15, 0.2) is 60.8 Å². The van der Waals surface area contributed by atoms with E-state index in [4.69, 9.17) is 26.8 Å². The number of benzene rings is 3. The van der Waals surface area contributed by atoms with Crippen molar-refractivity contribution in [3.63, 3.8) is 0 Å². The Bertz CT molecular complexity index is 2250. The number of carbonyl (C=O) groups excluding carboxylic acids is 2. The number of hydrogen-bond donors (Lipinski definition) is 3. The molecule has 0 unspecified atom stereocenters. The van der Waals surface area contributed by atoms with Crippen LogP contribution in [0.25, 0.3) is 22.2 Å². The van der Waals surface area contributed by atoms with E-state index in [0.29, 0.717) is 16.7 Å². The van der Waals surface area contributed by atoms with Gasteiger partial charge in [-0.15, -0.1) is 8.78 Å². The van der Waals surface area contributed by atoms with Crippen LogP contribution in [0.4, 0.5) is 13.2 Å². The Morgan fingerprint density at radius 3 is 2.65 bits per heavy atom. The maximum atomic E-state index is 14.7. The number of aromatic nitrogens is 3. The Labute approximate surface area is 299 Å². The number of ether oxygens (including phenoxy) is 4. The highest BCUT2D eigenvalue weighted by atomic mass is 35.5. The zero-order valence-corrected chi connectivity index (χ0v) is 28.5. The fourth-order valence-corrected chi connectivity index (χ4v) is 6.38. The molecule has 1 atom stereocenters. The molecule has 16 heteroatoms. The van der Waals surface area contributed by atoms with Crippen LogP contribution in [-0.2, 0) is 16.8 Å². The second-order valence-corrected chi connectivity index (χ2v) is 12.7. The van der Waals surface area contributed by atoms with E-state index in [2.05, 4.69) is 24.9 Å². The number of hydrogen-bond acceptors (Lipinski definition) is 9. The molecule has 7 rings (SSSR count). The number of rotatable bonds is 12. The Balaban J connectivity index is 1.34. The summed E-state index contributed by atoms with van der Waals surface area (Å²) in [4.78, 5) is 30.7. The molecule has 0 spiro atoms. The summed E-state index contributed by atoms with van der Waals surface area (Å²) in [6.07, 6.45) is -0.563. The van der Waals surface area contributed by atoms with Gasteiger partial charge in [0.25, 0.3) is 5.91 Å². The van der Waals surface area contributed by atoms with Crippen molar-refractivity contribution >= 4 is 34.3 Å². The van der Waals surface area contributed by atoms with Crippen LogP contribution in [0.3, 0.4) is 0 Å². The molecule has 0 bridgehead atoms. The third kappa shape index (κ3) is 6.52. The van der Waals surface area contributed by atoms with Gasteiger partial charge in [-0.3, -0.25) is 14.3 Å². The van der Waals surface area contributed by atoms with Crippen molar-refractivity contribution in [2.75, 3.05) is 20.3 Å². The molecule has 3 heterocycles. The van der Waals surface area contributed by atoms with Crippen LogP contribution in [0.5, 0.6) is 23.0 Å². The molecule has 4 N–H and O–H groups in total. The SMILES string of the molecule is CCOc1c(CC(N)=O)cc([C@@](O)(CNC(=O)c2cc(OC)c3nn(C4CC4)cc3c2)c2cccc(F)c2)nc1-c1ccc2c(c1Cl)OC(F)(F)O2. The van der Waals surface area contributed by atoms with Crippen LogP contribution in [0.1, 0.15) is 53.0 Å². The van der Waals surface area contributed by atoms with Gasteiger partial charge in [0.05, 0.1) is 43.4 Å². The van der Waals surface area contributed by atoms with E-state index in [9.17, 15) is 27.9 Å². The summed E-state index contributed by atoms with van der Waals surface area (Å²) in [5.74, 6) is -2.52. The molecule has 5 aromatic rings. The Morgan fingerprint density at radius 1 is 1.17 bits per heavy atom. The van der Waals surface area contributed by atoms with E-state index in [1.807, 2.05) is 10.9 Å². The molecule has 1 aliphatic heterocycles. The molecular weight excluding hydrogens is 707 g/mol. The minimum atomic E-state index is -3.98. The van der Waals surface area contributed by atoms with Crippen molar-refractivity contribution in [1.82, 2.24) is 20.1 Å². The zero-order valence-electron chi connectivity index (χ0n) is 27.7. The number of primary amides is 1. The first-order valence-electron chi connectivity index (χ1n) is 16.2. The zero-order chi connectivity index (χ0) is 36.9. The third-order valence-electron chi connectivity index (χ3n) is 8.69. The molecule has 1 fully saturated rings. The van der Waals surface area contributed by atoms with Gasteiger partial charge in [0.2, 0.25) is 5.91 Å². The number of amides is 2. The second kappa shape index (κ2) is 13.2. The summed E-state index contributed by atoms with van der Waals surface area (Å²) in [6, 6.07) is 12.3. The number of fused-ring (bicyclic) bond motifs is 2. The van der Waals surface area contributed by atoms with Crippen molar-refractivity contribution < 1.29 is 46.8 Å². The maximum absolute atomic E-state index is 14.7. The predicted molar refractivity (Wildman–Crippen MR) is 181 cm³/mol. The Kier molecular flexibility index (Phi) is 8.87. The number of nitrogens with two attached hydrogens (primary N) is 1. The third-order valence-corrected chi connectivity index (χ3v) is 9.07. The number of aliphatic hydroxyl groups is 1. The van der Waals surface area contributed by atoms with Crippen molar-refractivity contribution in [1.29, 1.82) is 0 Å². The van der Waals surface area contributed by atoms with Gasteiger partial charge in [-0.05, 0) is 67.8 Å². The highest BCUT2D eigenvalue weighted by molar-refractivity contribution is 6.35. The number of carbonyl (C=O) groups is 2. The standard InChI is InChI=1S/C36H31ClF3N5O7/c1-3-50-32-18(14-28(41)46)13-27(43-31(32)24-9-10-25-33(29(24)37)52-36(39,40)51-25)35(48,21-5-4-6-22(38)15-21)17-42-34(47)19-11-20-16-45(23-7-8-23)44-30(20)26(12-19)49-2/h4-6,9-13,15-16,23,48H,3,7-8,14,17H2,1-2H3,(H2,41,46)(H,42,47)/t35-/m1/s1. The highest BCUT2D eigenvalue weighted by Gasteiger charge is 2.45. The molecule has 2 amide bonds. The van der Waals surface area contributed by atoms with Gasteiger partial charge in [0.1, 0.15) is 34.1 Å². The number of halogens is 4. The number of pyridine rings is 1. The monoisotopic (exact) mass is 737 g/mol. The van der Waals surface area contributed by atoms with Gasteiger partial charge in [0, 0.05) is 28.3 Å². The van der Waals surface area contributed by atoms with E-state index in [-0.39, 0.29) is 62.8 Å². The first-order valence-corrected chi connectivity index (χ1v) is 16.6. The summed E-state index contributed by atoms with van der Waals surface area (Å²) in [5.41, 5.74) is 3.96. The summed E-state index contributed by atoms with van der Waals surface area (Å²) in [6.45, 7) is 1.17. The number of nitrogens with zero attached hydrogens (tertiary/aromatic N) is 3. The minimum Gasteiger partial charge on any atom is -0.494 e. The first kappa shape index (κ1) is 34.9. The lowest BCUT2D eigenvalue weighted by molar-refractivity contribution is -0.286. The van der Waals surface area contributed by atoms with E-state index < -0.39 is 48.2 Å². The van der Waals surface area contributed by atoms with Gasteiger partial charge in [-0.1, -0.05) is 23.7 Å². The van der Waals surface area contributed by atoms with Gasteiger partial charge in [-0.2, -0.15) is 5.10 Å². The number of nitrogens with one attached hydrogen (secondary N) is 1. The molecule has 2 aromatic heterocycles. The molecule has 1 saturated carbocycles. The maximum Gasteiger partial charge on any atom is 0.586 e. The normalized spacial score (nSPS) is 15.7. The minimum absolute atomic E-state index is 0.00958. The average molecular weight is 738 g/mol. The van der Waals surface area contributed by atoms with Gasteiger partial charge >= 0.3 is 6.29 Å². The summed E-state index contributed by atoms with van der Waals surface area (Å²) in [7, 11) is 1.46. The Morgan fingerprint density at radius 2 is 1.96 bits per heavy atom. The average Bonchev–Trinajstić information content (AvgIpc) is 3.78. The van der Waals surface area contributed by atoms with Crippen molar-refractivity contribution in [2.24, 2.45) is 5.73 Å². The lowest BCUT2D eigenvalue weighted by atomic mass is 9.87. The molecule has 52 heavy (non-hydrogen) atoms. The van der Waals surface area contributed by atoms with Crippen LogP contribution in [-0.4, -0.2) is 58.2 Å². The van der Waals surface area contributed by atoms with E-state index >= 15 is 0 Å². The first-order chi connectivity index (χ1) is 24.8. The molecular formula is C36H31ClF3N5O7.